The average Bonchev–Trinajstić information content (AvgIpc) is 3.08. The number of benzene rings is 1. The predicted octanol–water partition coefficient (Wildman–Crippen LogP) is 2.00. The number of carbonyl (C=O) groups excluding carboxylic acids is 1. The molecule has 3 heterocycles. The van der Waals surface area contributed by atoms with E-state index in [9.17, 15) is 4.79 Å². The summed E-state index contributed by atoms with van der Waals surface area (Å²) < 4.78 is 1.64. The first kappa shape index (κ1) is 15.8. The van der Waals surface area contributed by atoms with Crippen LogP contribution >= 0.6 is 0 Å². The zero-order valence-corrected chi connectivity index (χ0v) is 14.3. The van der Waals surface area contributed by atoms with Gasteiger partial charge in [0, 0.05) is 45.1 Å². The minimum atomic E-state index is 0.0178. The van der Waals surface area contributed by atoms with E-state index >= 15 is 0 Å². The molecule has 0 radical (unpaired) electrons. The maximum absolute atomic E-state index is 12.8. The van der Waals surface area contributed by atoms with Crippen LogP contribution in [0.3, 0.4) is 0 Å². The van der Waals surface area contributed by atoms with Crippen molar-refractivity contribution in [3.05, 3.63) is 65.6 Å². The summed E-state index contributed by atoms with van der Waals surface area (Å²) in [7, 11) is 0. The fraction of sp³-hybridized carbons (Fsp3) is 0.316. The molecule has 6 nitrogen and oxygen atoms in total. The molecule has 4 rings (SSSR count). The molecule has 128 valence electrons. The van der Waals surface area contributed by atoms with Crippen molar-refractivity contribution in [2.75, 3.05) is 26.2 Å². The number of fused-ring (bicyclic) bond motifs is 1. The Balaban J connectivity index is 1.42. The number of amides is 1. The highest BCUT2D eigenvalue weighted by molar-refractivity contribution is 5.99. The minimum Gasteiger partial charge on any atom is -0.336 e. The van der Waals surface area contributed by atoms with Gasteiger partial charge >= 0.3 is 0 Å². The molecule has 2 aromatic heterocycles. The molecule has 1 amide bonds. The highest BCUT2D eigenvalue weighted by Gasteiger charge is 2.25. The van der Waals surface area contributed by atoms with Crippen LogP contribution in [0.2, 0.25) is 0 Å². The maximum Gasteiger partial charge on any atom is 0.259 e. The molecule has 0 N–H and O–H groups in total. The van der Waals surface area contributed by atoms with E-state index in [4.69, 9.17) is 0 Å². The van der Waals surface area contributed by atoms with E-state index in [0.717, 1.165) is 32.7 Å². The summed E-state index contributed by atoms with van der Waals surface area (Å²) in [5, 5.41) is 4.21. The van der Waals surface area contributed by atoms with Crippen molar-refractivity contribution < 1.29 is 4.79 Å². The molecule has 1 aliphatic rings. The molecule has 25 heavy (non-hydrogen) atoms. The van der Waals surface area contributed by atoms with Gasteiger partial charge in [-0.3, -0.25) is 9.69 Å². The molecule has 3 aromatic rings. The Bertz CT molecular complexity index is 895. The quantitative estimate of drug-likeness (QED) is 0.735. The lowest BCUT2D eigenvalue weighted by Crippen LogP contribution is -2.48. The molecule has 0 bridgehead atoms. The van der Waals surface area contributed by atoms with Crippen LogP contribution in [0.25, 0.3) is 5.65 Å². The average molecular weight is 335 g/mol. The second-order valence-electron chi connectivity index (χ2n) is 6.44. The molecule has 1 fully saturated rings. The van der Waals surface area contributed by atoms with E-state index in [1.54, 1.807) is 29.2 Å². The Hall–Kier alpha value is -2.73. The molecule has 0 aliphatic carbocycles. The number of hydrogen-bond acceptors (Lipinski definition) is 4. The lowest BCUT2D eigenvalue weighted by atomic mass is 10.1. The van der Waals surface area contributed by atoms with Crippen molar-refractivity contribution in [2.24, 2.45) is 0 Å². The third-order valence-electron chi connectivity index (χ3n) is 4.82. The van der Waals surface area contributed by atoms with Crippen LogP contribution in [0.4, 0.5) is 0 Å². The Morgan fingerprint density at radius 3 is 2.72 bits per heavy atom. The van der Waals surface area contributed by atoms with Gasteiger partial charge in [0.15, 0.2) is 5.65 Å². The summed E-state index contributed by atoms with van der Waals surface area (Å²) in [6, 6.07) is 10.3. The third-order valence-corrected chi connectivity index (χ3v) is 4.82. The zero-order chi connectivity index (χ0) is 17.2. The fourth-order valence-corrected chi connectivity index (χ4v) is 3.29. The van der Waals surface area contributed by atoms with Gasteiger partial charge in [-0.1, -0.05) is 24.3 Å². The second kappa shape index (κ2) is 6.64. The Morgan fingerprint density at radius 1 is 1.12 bits per heavy atom. The fourth-order valence-electron chi connectivity index (χ4n) is 3.29. The van der Waals surface area contributed by atoms with Crippen LogP contribution in [-0.2, 0) is 6.54 Å². The van der Waals surface area contributed by atoms with Gasteiger partial charge in [-0.25, -0.2) is 9.50 Å². The first-order valence-corrected chi connectivity index (χ1v) is 8.57. The molecule has 0 atom stereocenters. The number of rotatable bonds is 3. The van der Waals surface area contributed by atoms with E-state index < -0.39 is 0 Å². The normalized spacial score (nSPS) is 15.6. The highest BCUT2D eigenvalue weighted by atomic mass is 16.2. The van der Waals surface area contributed by atoms with Crippen molar-refractivity contribution in [1.82, 2.24) is 24.4 Å². The highest BCUT2D eigenvalue weighted by Crippen LogP contribution is 2.15. The Labute approximate surface area is 146 Å². The number of nitrogens with zero attached hydrogens (tertiary/aromatic N) is 5. The van der Waals surface area contributed by atoms with E-state index in [2.05, 4.69) is 46.2 Å². The van der Waals surface area contributed by atoms with Crippen molar-refractivity contribution in [2.45, 2.75) is 13.5 Å². The monoisotopic (exact) mass is 335 g/mol. The summed E-state index contributed by atoms with van der Waals surface area (Å²) in [6.07, 6.45) is 5.11. The van der Waals surface area contributed by atoms with E-state index in [1.807, 2.05) is 4.90 Å². The van der Waals surface area contributed by atoms with Gasteiger partial charge in [-0.2, -0.15) is 5.10 Å². The summed E-state index contributed by atoms with van der Waals surface area (Å²) in [5.74, 6) is 0.0178. The minimum absolute atomic E-state index is 0.0178. The number of carbonyl (C=O) groups is 1. The smallest absolute Gasteiger partial charge is 0.259 e. The van der Waals surface area contributed by atoms with Crippen LogP contribution in [-0.4, -0.2) is 56.5 Å². The first-order chi connectivity index (χ1) is 12.2. The van der Waals surface area contributed by atoms with Crippen LogP contribution < -0.4 is 0 Å². The summed E-state index contributed by atoms with van der Waals surface area (Å²) >= 11 is 0. The first-order valence-electron chi connectivity index (χ1n) is 8.57. The van der Waals surface area contributed by atoms with Crippen LogP contribution in [0.5, 0.6) is 0 Å². The topological polar surface area (TPSA) is 53.7 Å². The van der Waals surface area contributed by atoms with Crippen molar-refractivity contribution >= 4 is 11.6 Å². The van der Waals surface area contributed by atoms with Crippen LogP contribution in [0.1, 0.15) is 21.5 Å². The van der Waals surface area contributed by atoms with Crippen LogP contribution in [0, 0.1) is 6.92 Å². The SMILES string of the molecule is Cc1ccccc1CN1CCN(C(=O)c2cnn3cccnc23)CC1. The van der Waals surface area contributed by atoms with E-state index in [1.165, 1.54) is 11.1 Å². The lowest BCUT2D eigenvalue weighted by molar-refractivity contribution is 0.0630. The maximum atomic E-state index is 12.8. The Kier molecular flexibility index (Phi) is 4.19. The predicted molar refractivity (Wildman–Crippen MR) is 95.3 cm³/mol. The van der Waals surface area contributed by atoms with Crippen molar-refractivity contribution in [1.29, 1.82) is 0 Å². The number of aryl methyl sites for hydroxylation is 1. The molecule has 1 aliphatic heterocycles. The molecule has 0 unspecified atom stereocenters. The molecule has 0 spiro atoms. The van der Waals surface area contributed by atoms with Gasteiger partial charge in [0.1, 0.15) is 5.56 Å². The molecule has 6 heteroatoms. The van der Waals surface area contributed by atoms with E-state index in [-0.39, 0.29) is 5.91 Å². The third kappa shape index (κ3) is 3.13. The van der Waals surface area contributed by atoms with Gasteiger partial charge in [-0.05, 0) is 24.1 Å². The number of hydrogen-bond donors (Lipinski definition) is 0. The molecule has 1 aromatic carbocycles. The molecular formula is C19H21N5O. The Morgan fingerprint density at radius 2 is 1.92 bits per heavy atom. The van der Waals surface area contributed by atoms with Gasteiger partial charge in [-0.15, -0.1) is 0 Å². The number of aromatic nitrogens is 3. The number of piperazine rings is 1. The van der Waals surface area contributed by atoms with Gasteiger partial charge < -0.3 is 4.90 Å². The largest absolute Gasteiger partial charge is 0.336 e. The van der Waals surface area contributed by atoms with Crippen molar-refractivity contribution in [3.63, 3.8) is 0 Å². The second-order valence-corrected chi connectivity index (χ2v) is 6.44. The molecule has 1 saturated heterocycles. The van der Waals surface area contributed by atoms with E-state index in [0.29, 0.717) is 11.2 Å². The van der Waals surface area contributed by atoms with Gasteiger partial charge in [0.05, 0.1) is 6.20 Å². The summed E-state index contributed by atoms with van der Waals surface area (Å²) in [4.78, 5) is 21.4. The lowest BCUT2D eigenvalue weighted by Gasteiger charge is -2.34. The van der Waals surface area contributed by atoms with Gasteiger partial charge in [0.2, 0.25) is 0 Å². The summed E-state index contributed by atoms with van der Waals surface area (Å²) in [6.45, 7) is 6.31. The molecule has 0 saturated carbocycles. The zero-order valence-electron chi connectivity index (χ0n) is 14.3. The van der Waals surface area contributed by atoms with Crippen LogP contribution in [0.15, 0.2) is 48.9 Å². The standard InChI is InChI=1S/C19H21N5O/c1-15-5-2-3-6-16(15)14-22-9-11-23(12-10-22)19(25)17-13-21-24-8-4-7-20-18(17)24/h2-8,13H,9-12,14H2,1H3. The van der Waals surface area contributed by atoms with Crippen molar-refractivity contribution in [3.8, 4) is 0 Å². The summed E-state index contributed by atoms with van der Waals surface area (Å²) in [5.41, 5.74) is 3.87. The van der Waals surface area contributed by atoms with Gasteiger partial charge in [0.25, 0.3) is 5.91 Å². The molecular weight excluding hydrogens is 314 g/mol.